The Balaban J connectivity index is 2.48. The van der Waals surface area contributed by atoms with Crippen molar-refractivity contribution < 1.29 is 9.90 Å². The molecule has 1 N–H and O–H groups in total. The molecule has 64 valence electrons. The molecule has 2 nitrogen and oxygen atoms in total. The smallest absolute Gasteiger partial charge is 0.304 e. The van der Waals surface area contributed by atoms with Crippen molar-refractivity contribution in [3.63, 3.8) is 0 Å². The normalized spacial score (nSPS) is 11.8. The molecule has 0 atom stereocenters. The molecule has 0 amide bonds. The van der Waals surface area contributed by atoms with Gasteiger partial charge in [0.15, 0.2) is 0 Å². The van der Waals surface area contributed by atoms with E-state index >= 15 is 0 Å². The monoisotopic (exact) mass is 172 g/mol. The zero-order valence-electron chi connectivity index (χ0n) is 7.00. The molecule has 1 rings (SSSR count). The Morgan fingerprint density at radius 1 is 1.62 bits per heavy atom. The lowest BCUT2D eigenvalue weighted by atomic mass is 10.2. The molecule has 0 saturated carbocycles. The lowest BCUT2D eigenvalue weighted by molar-refractivity contribution is -0.136. The lowest BCUT2D eigenvalue weighted by Crippen LogP contribution is -1.91. The van der Waals surface area contributed by atoms with Crippen molar-refractivity contribution in [2.75, 3.05) is 0 Å². The maximum atomic E-state index is 10.1. The average Bonchev–Trinajstić information content (AvgIpc) is 2.14. The summed E-state index contributed by atoms with van der Waals surface area (Å²) >= 11 is 0. The highest BCUT2D eigenvalue weighted by molar-refractivity contribution is 5.67. The van der Waals surface area contributed by atoms with Crippen LogP contribution in [-0.2, 0) is 4.79 Å². The highest BCUT2D eigenvalue weighted by Crippen LogP contribution is 1.96. The Kier molecular flexibility index (Phi) is 3.42. The maximum Gasteiger partial charge on any atom is 0.304 e. The van der Waals surface area contributed by atoms with Crippen molar-refractivity contribution in [1.29, 1.82) is 0 Å². The van der Waals surface area contributed by atoms with Crippen molar-refractivity contribution in [3.05, 3.63) is 35.3 Å². The van der Waals surface area contributed by atoms with E-state index in [1.54, 1.807) is 6.08 Å². The molecule has 0 saturated heterocycles. The summed E-state index contributed by atoms with van der Waals surface area (Å²) in [7, 11) is 0. The summed E-state index contributed by atoms with van der Waals surface area (Å²) in [5.41, 5.74) is 6.32. The summed E-state index contributed by atoms with van der Waals surface area (Å²) in [5.74, 6) is 4.73. The fraction of sp³-hybridized carbons (Fsp3) is 0.182. The van der Waals surface area contributed by atoms with E-state index in [4.69, 9.17) is 5.11 Å². The van der Waals surface area contributed by atoms with E-state index in [2.05, 4.69) is 23.3 Å². The molecular formula is C11H8O2. The first-order valence-corrected chi connectivity index (χ1v) is 3.88. The van der Waals surface area contributed by atoms with Gasteiger partial charge in [0.05, 0.1) is 12.0 Å². The third-order valence-corrected chi connectivity index (χ3v) is 1.34. The summed E-state index contributed by atoms with van der Waals surface area (Å²) in [4.78, 5) is 10.1. The quantitative estimate of drug-likeness (QED) is 0.508. The number of aliphatic carboxylic acids is 1. The molecule has 0 fully saturated rings. The van der Waals surface area contributed by atoms with Crippen molar-refractivity contribution >= 4 is 5.97 Å². The molecule has 0 heterocycles. The summed E-state index contributed by atoms with van der Waals surface area (Å²) in [6, 6.07) is 0. The van der Waals surface area contributed by atoms with Crippen LogP contribution in [0.15, 0.2) is 35.3 Å². The van der Waals surface area contributed by atoms with Crippen LogP contribution in [0.25, 0.3) is 0 Å². The standard InChI is InChI=1S/C11H8O2/c12-11(13)9-5-4-8-10-6-2-1-3-7-10/h1-2,6H,5,9H2,(H,12,13). The molecule has 13 heavy (non-hydrogen) atoms. The zero-order valence-corrected chi connectivity index (χ0v) is 7.00. The average molecular weight is 172 g/mol. The highest BCUT2D eigenvalue weighted by Gasteiger charge is 1.91. The molecule has 0 aromatic rings. The Bertz CT molecular complexity index is 390. The van der Waals surface area contributed by atoms with Crippen LogP contribution in [-0.4, -0.2) is 11.1 Å². The van der Waals surface area contributed by atoms with Crippen LogP contribution in [0, 0.1) is 11.8 Å². The fourth-order valence-corrected chi connectivity index (χ4v) is 0.754. The van der Waals surface area contributed by atoms with E-state index in [9.17, 15) is 4.79 Å². The number of rotatable bonds is 2. The van der Waals surface area contributed by atoms with Gasteiger partial charge in [0, 0.05) is 6.42 Å². The van der Waals surface area contributed by atoms with Gasteiger partial charge in [0.2, 0.25) is 0 Å². The number of allylic oxidation sites excluding steroid dienone is 4. The van der Waals surface area contributed by atoms with Gasteiger partial charge in [0.1, 0.15) is 0 Å². The maximum absolute atomic E-state index is 10.1. The first-order chi connectivity index (χ1) is 6.29. The van der Waals surface area contributed by atoms with E-state index in [-0.39, 0.29) is 6.42 Å². The molecule has 0 aromatic carbocycles. The molecule has 2 heteroatoms. The first-order valence-electron chi connectivity index (χ1n) is 3.88. The Hall–Kier alpha value is -1.93. The lowest BCUT2D eigenvalue weighted by Gasteiger charge is -1.85. The van der Waals surface area contributed by atoms with Crippen molar-refractivity contribution in [1.82, 2.24) is 0 Å². The van der Waals surface area contributed by atoms with Crippen LogP contribution < -0.4 is 0 Å². The molecule has 0 radical (unpaired) electrons. The van der Waals surface area contributed by atoms with Gasteiger partial charge in [0.25, 0.3) is 0 Å². The number of carboxylic acid groups (broad SMARTS) is 1. The second kappa shape index (κ2) is 4.85. The van der Waals surface area contributed by atoms with Crippen LogP contribution in [0.4, 0.5) is 0 Å². The van der Waals surface area contributed by atoms with Crippen molar-refractivity contribution in [2.45, 2.75) is 12.8 Å². The molecule has 0 aliphatic heterocycles. The van der Waals surface area contributed by atoms with Gasteiger partial charge in [-0.15, -0.1) is 0 Å². The van der Waals surface area contributed by atoms with E-state index in [1.807, 2.05) is 12.2 Å². The second-order valence-corrected chi connectivity index (χ2v) is 2.40. The van der Waals surface area contributed by atoms with Crippen LogP contribution in [0.2, 0.25) is 0 Å². The van der Waals surface area contributed by atoms with E-state index in [0.717, 1.165) is 5.57 Å². The van der Waals surface area contributed by atoms with Gasteiger partial charge in [-0.25, -0.2) is 0 Å². The van der Waals surface area contributed by atoms with E-state index in [0.29, 0.717) is 6.42 Å². The highest BCUT2D eigenvalue weighted by atomic mass is 16.4. The molecule has 1 aliphatic carbocycles. The third-order valence-electron chi connectivity index (χ3n) is 1.34. The Morgan fingerprint density at radius 2 is 2.46 bits per heavy atom. The van der Waals surface area contributed by atoms with Crippen LogP contribution >= 0.6 is 0 Å². The minimum atomic E-state index is -0.821. The minimum Gasteiger partial charge on any atom is -0.481 e. The van der Waals surface area contributed by atoms with Gasteiger partial charge in [-0.05, 0) is 12.2 Å². The molecule has 0 unspecified atom stereocenters. The van der Waals surface area contributed by atoms with Gasteiger partial charge in [-0.1, -0.05) is 29.4 Å². The van der Waals surface area contributed by atoms with Gasteiger partial charge in [-0.2, -0.15) is 0 Å². The predicted molar refractivity (Wildman–Crippen MR) is 48.9 cm³/mol. The van der Waals surface area contributed by atoms with Gasteiger partial charge >= 0.3 is 5.97 Å². The topological polar surface area (TPSA) is 37.3 Å². The minimum absolute atomic E-state index is 0.0869. The SMILES string of the molecule is O=C(O)CCC#CC1=C=C=CC=C1. The Labute approximate surface area is 76.6 Å². The molecule has 0 bridgehead atoms. The van der Waals surface area contributed by atoms with Crippen molar-refractivity contribution in [3.8, 4) is 11.8 Å². The van der Waals surface area contributed by atoms with Crippen LogP contribution in [0.3, 0.4) is 0 Å². The zero-order chi connectivity index (χ0) is 9.52. The van der Waals surface area contributed by atoms with Gasteiger partial charge in [-0.3, -0.25) is 4.79 Å². The number of hydrogen-bond donors (Lipinski definition) is 1. The summed E-state index contributed by atoms with van der Waals surface area (Å²) in [5, 5.41) is 8.33. The van der Waals surface area contributed by atoms with Crippen LogP contribution in [0.5, 0.6) is 0 Å². The number of hydrogen-bond acceptors (Lipinski definition) is 1. The van der Waals surface area contributed by atoms with E-state index in [1.165, 1.54) is 0 Å². The third kappa shape index (κ3) is 3.84. The summed E-state index contributed by atoms with van der Waals surface area (Å²) in [6.07, 6.45) is 5.83. The largest absolute Gasteiger partial charge is 0.481 e. The second-order valence-electron chi connectivity index (χ2n) is 2.40. The summed E-state index contributed by atoms with van der Waals surface area (Å²) < 4.78 is 0. The summed E-state index contributed by atoms with van der Waals surface area (Å²) in [6.45, 7) is 0. The predicted octanol–water partition coefficient (Wildman–Crippen LogP) is 1.66. The van der Waals surface area contributed by atoms with Gasteiger partial charge < -0.3 is 5.11 Å². The molecule has 1 aliphatic rings. The first kappa shape index (κ1) is 9.16. The fourth-order valence-electron chi connectivity index (χ4n) is 0.754. The van der Waals surface area contributed by atoms with Crippen LogP contribution in [0.1, 0.15) is 12.8 Å². The van der Waals surface area contributed by atoms with E-state index < -0.39 is 5.97 Å². The number of carbonyl (C=O) groups is 1. The molecule has 0 spiro atoms. The Morgan fingerprint density at radius 3 is 3.08 bits per heavy atom. The molecule has 0 aromatic heterocycles. The number of carboxylic acids is 1. The molecular weight excluding hydrogens is 164 g/mol. The van der Waals surface area contributed by atoms with Crippen molar-refractivity contribution in [2.24, 2.45) is 0 Å².